The Morgan fingerprint density at radius 1 is 1.09 bits per heavy atom. The molecule has 0 aromatic rings. The van der Waals surface area contributed by atoms with Crippen LogP contribution in [0.1, 0.15) is 52.9 Å². The van der Waals surface area contributed by atoms with Gasteiger partial charge in [-0.05, 0) is 33.6 Å². The van der Waals surface area contributed by atoms with E-state index in [1.807, 2.05) is 20.8 Å². The number of nitrogens with zero attached hydrogens (tertiary/aromatic N) is 3. The number of carbonyl (C=O) groups is 1. The normalized spacial score (nSPS) is 21.3. The van der Waals surface area contributed by atoms with Crippen LogP contribution >= 0.6 is 0 Å². The second-order valence-electron chi connectivity index (χ2n) is 7.34. The van der Waals surface area contributed by atoms with Crippen LogP contribution in [0, 0.1) is 0 Å². The van der Waals surface area contributed by atoms with Crippen molar-refractivity contribution in [3.05, 3.63) is 0 Å². The number of piperazine rings is 1. The zero-order chi connectivity index (χ0) is 16.9. The Hall–Kier alpha value is -1.50. The fourth-order valence-corrected chi connectivity index (χ4v) is 3.02. The molecule has 1 aliphatic heterocycles. The summed E-state index contributed by atoms with van der Waals surface area (Å²) in [4.78, 5) is 20.7. The van der Waals surface area contributed by atoms with Gasteiger partial charge in [-0.15, -0.1) is 0 Å². The fourth-order valence-electron chi connectivity index (χ4n) is 3.02. The average molecular weight is 325 g/mol. The number of hydrazine groups is 1. The van der Waals surface area contributed by atoms with Gasteiger partial charge in [-0.1, -0.05) is 19.3 Å². The molecule has 0 bridgehead atoms. The number of carbonyl (C=O) groups excluding carboxylic acids is 1. The Kier molecular flexibility index (Phi) is 6.10. The molecule has 3 N–H and O–H groups in total. The zero-order valence-corrected chi connectivity index (χ0v) is 14.7. The lowest BCUT2D eigenvalue weighted by Crippen LogP contribution is -2.55. The van der Waals surface area contributed by atoms with Crippen molar-refractivity contribution in [1.82, 2.24) is 15.2 Å². The molecule has 0 atom stereocenters. The summed E-state index contributed by atoms with van der Waals surface area (Å²) in [7, 11) is 0. The molecule has 7 heteroatoms. The molecular weight excluding hydrogens is 294 g/mol. The predicted octanol–water partition coefficient (Wildman–Crippen LogP) is 1.69. The van der Waals surface area contributed by atoms with E-state index in [0.29, 0.717) is 19.1 Å². The third-order valence-electron chi connectivity index (χ3n) is 4.24. The van der Waals surface area contributed by atoms with Gasteiger partial charge in [-0.2, -0.15) is 0 Å². The summed E-state index contributed by atoms with van der Waals surface area (Å²) >= 11 is 0. The quantitative estimate of drug-likeness (QED) is 0.332. The van der Waals surface area contributed by atoms with Crippen LogP contribution in [0.15, 0.2) is 4.99 Å². The molecule has 2 aliphatic rings. The lowest BCUT2D eigenvalue weighted by atomic mass is 9.96. The molecule has 1 saturated heterocycles. The van der Waals surface area contributed by atoms with E-state index in [9.17, 15) is 4.79 Å². The number of guanidine groups is 1. The summed E-state index contributed by atoms with van der Waals surface area (Å²) in [5.41, 5.74) is 2.28. The molecule has 7 nitrogen and oxygen atoms in total. The van der Waals surface area contributed by atoms with Gasteiger partial charge in [-0.3, -0.25) is 5.43 Å². The highest BCUT2D eigenvalue weighted by Gasteiger charge is 2.27. The van der Waals surface area contributed by atoms with Crippen molar-refractivity contribution in [2.45, 2.75) is 64.5 Å². The standard InChI is InChI=1S/C16H31N5O2/c1-16(2,3)23-15(22)21-11-9-20(10-12-21)14(19-17)18-13-7-5-4-6-8-13/h13H,4-12,17H2,1-3H3,(H,18,19). The van der Waals surface area contributed by atoms with Gasteiger partial charge in [0.1, 0.15) is 5.60 Å². The van der Waals surface area contributed by atoms with Crippen molar-refractivity contribution in [2.24, 2.45) is 10.8 Å². The van der Waals surface area contributed by atoms with Gasteiger partial charge < -0.3 is 14.5 Å². The molecule has 0 spiro atoms. The van der Waals surface area contributed by atoms with E-state index in [1.54, 1.807) is 4.90 Å². The summed E-state index contributed by atoms with van der Waals surface area (Å²) in [6.07, 6.45) is 5.85. The maximum absolute atomic E-state index is 12.1. The second-order valence-corrected chi connectivity index (χ2v) is 7.34. The fraction of sp³-hybridized carbons (Fsp3) is 0.875. The van der Waals surface area contributed by atoms with Gasteiger partial charge in [-0.25, -0.2) is 15.6 Å². The van der Waals surface area contributed by atoms with Gasteiger partial charge >= 0.3 is 6.09 Å². The third-order valence-corrected chi connectivity index (χ3v) is 4.24. The highest BCUT2D eigenvalue weighted by molar-refractivity contribution is 5.80. The Balaban J connectivity index is 1.86. The first-order valence-corrected chi connectivity index (χ1v) is 8.66. The third kappa shape index (κ3) is 5.57. The minimum Gasteiger partial charge on any atom is -0.444 e. The van der Waals surface area contributed by atoms with E-state index < -0.39 is 5.60 Å². The van der Waals surface area contributed by atoms with Crippen LogP contribution in [-0.4, -0.2) is 59.7 Å². The van der Waals surface area contributed by atoms with Crippen LogP contribution in [0.4, 0.5) is 4.79 Å². The number of hydrogen-bond donors (Lipinski definition) is 2. The van der Waals surface area contributed by atoms with E-state index in [2.05, 4.69) is 10.3 Å². The zero-order valence-electron chi connectivity index (χ0n) is 14.7. The number of amides is 1. The van der Waals surface area contributed by atoms with Gasteiger partial charge in [0, 0.05) is 26.2 Å². The lowest BCUT2D eigenvalue weighted by Gasteiger charge is -2.37. The molecule has 0 aromatic heterocycles. The first kappa shape index (κ1) is 17.8. The largest absolute Gasteiger partial charge is 0.444 e. The summed E-state index contributed by atoms with van der Waals surface area (Å²) in [6, 6.07) is 0.374. The number of nitrogens with one attached hydrogen (secondary N) is 1. The molecule has 2 fully saturated rings. The van der Waals surface area contributed by atoms with Crippen LogP contribution in [0.3, 0.4) is 0 Å². The first-order chi connectivity index (χ1) is 10.9. The average Bonchev–Trinajstić information content (AvgIpc) is 2.52. The van der Waals surface area contributed by atoms with E-state index in [0.717, 1.165) is 31.9 Å². The van der Waals surface area contributed by atoms with E-state index in [1.165, 1.54) is 19.3 Å². The van der Waals surface area contributed by atoms with Gasteiger partial charge in [0.15, 0.2) is 0 Å². The minimum absolute atomic E-state index is 0.247. The SMILES string of the molecule is CC(C)(C)OC(=O)N1CCN(C(=NC2CCCCC2)NN)CC1. The molecule has 1 aliphatic carbocycles. The van der Waals surface area contributed by atoms with Crippen molar-refractivity contribution in [1.29, 1.82) is 0 Å². The second kappa shape index (κ2) is 7.86. The first-order valence-electron chi connectivity index (χ1n) is 8.66. The van der Waals surface area contributed by atoms with Crippen molar-refractivity contribution >= 4 is 12.1 Å². The predicted molar refractivity (Wildman–Crippen MR) is 91.0 cm³/mol. The molecule has 0 unspecified atom stereocenters. The Morgan fingerprint density at radius 3 is 2.17 bits per heavy atom. The van der Waals surface area contributed by atoms with Crippen LogP contribution in [0.2, 0.25) is 0 Å². The lowest BCUT2D eigenvalue weighted by molar-refractivity contribution is 0.0185. The molecule has 2 rings (SSSR count). The molecule has 0 aromatic carbocycles. The van der Waals surface area contributed by atoms with Crippen molar-refractivity contribution < 1.29 is 9.53 Å². The van der Waals surface area contributed by atoms with Gasteiger partial charge in [0.25, 0.3) is 0 Å². The van der Waals surface area contributed by atoms with E-state index in [-0.39, 0.29) is 6.09 Å². The van der Waals surface area contributed by atoms with Crippen molar-refractivity contribution in [3.63, 3.8) is 0 Å². The van der Waals surface area contributed by atoms with Crippen LogP contribution in [0.25, 0.3) is 0 Å². The van der Waals surface area contributed by atoms with Crippen LogP contribution in [0.5, 0.6) is 0 Å². The highest BCUT2D eigenvalue weighted by Crippen LogP contribution is 2.20. The van der Waals surface area contributed by atoms with Gasteiger partial charge in [0.2, 0.25) is 5.96 Å². The summed E-state index contributed by atoms with van der Waals surface area (Å²) in [5, 5.41) is 0. The maximum atomic E-state index is 12.1. The van der Waals surface area contributed by atoms with E-state index >= 15 is 0 Å². The Bertz CT molecular complexity index is 419. The molecule has 1 saturated carbocycles. The van der Waals surface area contributed by atoms with Crippen molar-refractivity contribution in [2.75, 3.05) is 26.2 Å². The number of hydrogen-bond acceptors (Lipinski definition) is 4. The smallest absolute Gasteiger partial charge is 0.410 e. The number of rotatable bonds is 1. The summed E-state index contributed by atoms with van der Waals surface area (Å²) in [5.74, 6) is 6.42. The number of nitrogens with two attached hydrogens (primary N) is 1. The summed E-state index contributed by atoms with van der Waals surface area (Å²) in [6.45, 7) is 8.34. The molecule has 132 valence electrons. The molecular formula is C16H31N5O2. The monoisotopic (exact) mass is 325 g/mol. The van der Waals surface area contributed by atoms with E-state index in [4.69, 9.17) is 15.6 Å². The number of aliphatic imine (C=N–C) groups is 1. The van der Waals surface area contributed by atoms with Gasteiger partial charge in [0.05, 0.1) is 6.04 Å². The Morgan fingerprint density at radius 2 is 1.65 bits per heavy atom. The van der Waals surface area contributed by atoms with Crippen LogP contribution < -0.4 is 11.3 Å². The molecule has 1 amide bonds. The topological polar surface area (TPSA) is 83.2 Å². The Labute approximate surface area is 139 Å². The van der Waals surface area contributed by atoms with Crippen LogP contribution in [-0.2, 0) is 4.74 Å². The van der Waals surface area contributed by atoms with Crippen molar-refractivity contribution in [3.8, 4) is 0 Å². The maximum Gasteiger partial charge on any atom is 0.410 e. The summed E-state index contributed by atoms with van der Waals surface area (Å²) < 4.78 is 5.42. The number of ether oxygens (including phenoxy) is 1. The molecule has 23 heavy (non-hydrogen) atoms. The molecule has 0 radical (unpaired) electrons. The minimum atomic E-state index is -0.458. The highest BCUT2D eigenvalue weighted by atomic mass is 16.6. The molecule has 1 heterocycles.